The Kier molecular flexibility index (Phi) is 8.09. The first-order valence-electron chi connectivity index (χ1n) is 22.2. The number of aromatic nitrogens is 1. The molecule has 0 bridgehead atoms. The van der Waals surface area contributed by atoms with Gasteiger partial charge < -0.3 is 9.47 Å². The average molecular weight is 797 g/mol. The number of hydrogen-bond acceptors (Lipinski definition) is 1. The van der Waals surface area contributed by atoms with E-state index in [1.54, 1.807) is 0 Å². The third-order valence-corrected chi connectivity index (χ3v) is 14.2. The molecular formula is C60H48N2. The van der Waals surface area contributed by atoms with E-state index in [1.165, 1.54) is 88.6 Å². The molecule has 0 radical (unpaired) electrons. The van der Waals surface area contributed by atoms with Gasteiger partial charge in [0.2, 0.25) is 0 Å². The highest BCUT2D eigenvalue weighted by atomic mass is 15.1. The van der Waals surface area contributed by atoms with Crippen LogP contribution >= 0.6 is 0 Å². The minimum absolute atomic E-state index is 0.120. The van der Waals surface area contributed by atoms with E-state index >= 15 is 0 Å². The first-order chi connectivity index (χ1) is 30.3. The Morgan fingerprint density at radius 3 is 1.81 bits per heavy atom. The lowest BCUT2D eigenvalue weighted by Gasteiger charge is -2.29. The van der Waals surface area contributed by atoms with E-state index in [-0.39, 0.29) is 10.8 Å². The number of nitrogens with zero attached hydrogens (tertiary/aromatic N) is 2. The number of fused-ring (bicyclic) bond motifs is 9. The lowest BCUT2D eigenvalue weighted by molar-refractivity contribution is 0.652. The second-order valence-corrected chi connectivity index (χ2v) is 18.4. The number of hydrogen-bond donors (Lipinski definition) is 0. The molecule has 62 heavy (non-hydrogen) atoms. The zero-order valence-corrected chi connectivity index (χ0v) is 35.8. The Morgan fingerprint density at radius 1 is 0.435 bits per heavy atom. The van der Waals surface area contributed by atoms with Gasteiger partial charge in [0.15, 0.2) is 0 Å². The molecular weight excluding hydrogens is 749 g/mol. The van der Waals surface area contributed by atoms with E-state index in [0.29, 0.717) is 0 Å². The van der Waals surface area contributed by atoms with Crippen LogP contribution in [-0.4, -0.2) is 4.57 Å². The minimum Gasteiger partial charge on any atom is -0.310 e. The Morgan fingerprint density at radius 2 is 1.06 bits per heavy atom. The zero-order chi connectivity index (χ0) is 41.7. The Balaban J connectivity index is 1.01. The highest BCUT2D eigenvalue weighted by Crippen LogP contribution is 2.58. The summed E-state index contributed by atoms with van der Waals surface area (Å²) in [6.45, 7) is 9.65. The van der Waals surface area contributed by atoms with Crippen LogP contribution in [0.5, 0.6) is 0 Å². The van der Waals surface area contributed by atoms with E-state index in [1.807, 2.05) is 0 Å². The number of benzene rings is 8. The zero-order valence-electron chi connectivity index (χ0n) is 35.8. The van der Waals surface area contributed by atoms with Gasteiger partial charge in [0.25, 0.3) is 0 Å². The SMILES string of the molecule is CC1(C)c2cc(N(c3ccc(C4=CCCC=C4)cc3)c3cccc(-n4c5ccccc5c5ccccc54)c3)ccc2-c2cc3c(cc21)-c1c(-c2ccccc2)cccc1C3(C)C. The van der Waals surface area contributed by atoms with Crippen molar-refractivity contribution in [3.8, 4) is 39.1 Å². The molecule has 8 aromatic carbocycles. The molecule has 0 spiro atoms. The Hall–Kier alpha value is -7.16. The fourth-order valence-corrected chi connectivity index (χ4v) is 11.0. The van der Waals surface area contributed by atoms with Crippen LogP contribution < -0.4 is 4.90 Å². The molecule has 0 saturated carbocycles. The van der Waals surface area contributed by atoms with Crippen molar-refractivity contribution in [3.63, 3.8) is 0 Å². The lowest BCUT2D eigenvalue weighted by atomic mass is 9.79. The third kappa shape index (κ3) is 5.42. The monoisotopic (exact) mass is 796 g/mol. The molecule has 0 N–H and O–H groups in total. The predicted octanol–water partition coefficient (Wildman–Crippen LogP) is 16.3. The maximum atomic E-state index is 2.55. The molecule has 2 nitrogen and oxygen atoms in total. The average Bonchev–Trinajstić information content (AvgIpc) is 3.86. The molecule has 1 aromatic heterocycles. The fourth-order valence-electron chi connectivity index (χ4n) is 11.0. The van der Waals surface area contributed by atoms with Crippen molar-refractivity contribution in [2.24, 2.45) is 0 Å². The normalized spacial score (nSPS) is 15.3. The molecule has 0 unspecified atom stereocenters. The van der Waals surface area contributed by atoms with Crippen molar-refractivity contribution in [3.05, 3.63) is 222 Å². The summed E-state index contributed by atoms with van der Waals surface area (Å²) in [6.07, 6.45) is 9.11. The van der Waals surface area contributed by atoms with Crippen molar-refractivity contribution in [1.29, 1.82) is 0 Å². The molecule has 9 aromatic rings. The molecule has 0 saturated heterocycles. The summed E-state index contributed by atoms with van der Waals surface area (Å²) >= 11 is 0. The highest BCUT2D eigenvalue weighted by molar-refractivity contribution is 6.09. The van der Waals surface area contributed by atoms with Crippen LogP contribution in [-0.2, 0) is 10.8 Å². The van der Waals surface area contributed by atoms with Crippen LogP contribution in [0.4, 0.5) is 17.1 Å². The molecule has 1 heterocycles. The summed E-state index contributed by atoms with van der Waals surface area (Å²) < 4.78 is 2.42. The third-order valence-electron chi connectivity index (χ3n) is 14.2. The maximum absolute atomic E-state index is 2.55. The van der Waals surface area contributed by atoms with Gasteiger partial charge in [-0.1, -0.05) is 155 Å². The lowest BCUT2D eigenvalue weighted by Crippen LogP contribution is -2.17. The summed E-state index contributed by atoms with van der Waals surface area (Å²) in [5, 5.41) is 2.53. The Labute approximate surface area is 364 Å². The quantitative estimate of drug-likeness (QED) is 0.163. The van der Waals surface area contributed by atoms with Crippen LogP contribution in [0.3, 0.4) is 0 Å². The summed E-state index contributed by atoms with van der Waals surface area (Å²) in [6, 6.07) is 65.9. The molecule has 3 aliphatic carbocycles. The predicted molar refractivity (Wildman–Crippen MR) is 262 cm³/mol. The number of allylic oxidation sites excluding steroid dienone is 4. The summed E-state index contributed by atoms with van der Waals surface area (Å²) in [4.78, 5) is 2.46. The topological polar surface area (TPSA) is 8.17 Å². The first kappa shape index (κ1) is 36.7. The van der Waals surface area contributed by atoms with Gasteiger partial charge >= 0.3 is 0 Å². The number of rotatable bonds is 6. The van der Waals surface area contributed by atoms with Crippen molar-refractivity contribution >= 4 is 44.4 Å². The van der Waals surface area contributed by atoms with Crippen molar-refractivity contribution in [2.45, 2.75) is 51.4 Å². The van der Waals surface area contributed by atoms with E-state index in [4.69, 9.17) is 0 Å². The molecule has 0 aliphatic heterocycles. The number of anilines is 3. The van der Waals surface area contributed by atoms with Gasteiger partial charge in [-0.2, -0.15) is 0 Å². The van der Waals surface area contributed by atoms with Gasteiger partial charge in [0, 0.05) is 44.4 Å². The molecule has 12 rings (SSSR count). The van der Waals surface area contributed by atoms with Gasteiger partial charge in [-0.25, -0.2) is 0 Å². The second kappa shape index (κ2) is 13.7. The summed E-state index contributed by atoms with van der Waals surface area (Å²) in [7, 11) is 0. The second-order valence-electron chi connectivity index (χ2n) is 18.4. The molecule has 3 aliphatic rings. The van der Waals surface area contributed by atoms with Crippen LogP contribution in [0.15, 0.2) is 194 Å². The summed E-state index contributed by atoms with van der Waals surface area (Å²) in [5.41, 5.74) is 22.8. The van der Waals surface area contributed by atoms with E-state index in [9.17, 15) is 0 Å². The van der Waals surface area contributed by atoms with Crippen molar-refractivity contribution < 1.29 is 0 Å². The van der Waals surface area contributed by atoms with E-state index in [0.717, 1.165) is 35.6 Å². The molecule has 0 atom stereocenters. The highest BCUT2D eigenvalue weighted by Gasteiger charge is 2.42. The van der Waals surface area contributed by atoms with Crippen molar-refractivity contribution in [1.82, 2.24) is 4.57 Å². The standard InChI is InChI=1S/C60H48N2/c1-59(2)52-26-16-25-46(41-19-9-6-10-20-41)58(52)51-38-54-50(37-55(51)59)47-34-33-45(36-53(47)60(54,3)4)61(42-31-29-40(30-32-42)39-17-7-5-8-18-39)43-21-15-22-44(35-43)62-56-27-13-11-23-48(56)49-24-12-14-28-57(49)62/h6-7,9-38H,5,8H2,1-4H3. The van der Waals surface area contributed by atoms with Crippen LogP contribution in [0.25, 0.3) is 66.4 Å². The smallest absolute Gasteiger partial charge is 0.0541 e. The van der Waals surface area contributed by atoms with Gasteiger partial charge in [-0.15, -0.1) is 0 Å². The molecule has 2 heteroatoms. The van der Waals surface area contributed by atoms with Crippen molar-refractivity contribution in [2.75, 3.05) is 4.90 Å². The largest absolute Gasteiger partial charge is 0.310 e. The van der Waals surface area contributed by atoms with E-state index < -0.39 is 0 Å². The van der Waals surface area contributed by atoms with Gasteiger partial charge in [0.05, 0.1) is 11.0 Å². The van der Waals surface area contributed by atoms with Crippen LogP contribution in [0, 0.1) is 0 Å². The van der Waals surface area contributed by atoms with Gasteiger partial charge in [-0.05, 0) is 146 Å². The summed E-state index contributed by atoms with van der Waals surface area (Å²) in [5.74, 6) is 0. The van der Waals surface area contributed by atoms with Gasteiger partial charge in [-0.3, -0.25) is 0 Å². The van der Waals surface area contributed by atoms with Crippen LogP contribution in [0.1, 0.15) is 68.4 Å². The van der Waals surface area contributed by atoms with E-state index in [2.05, 4.69) is 231 Å². The molecule has 0 amide bonds. The Bertz CT molecular complexity index is 3280. The maximum Gasteiger partial charge on any atom is 0.0541 e. The minimum atomic E-state index is -0.218. The first-order valence-corrected chi connectivity index (χ1v) is 22.2. The number of para-hydroxylation sites is 2. The molecule has 298 valence electrons. The van der Waals surface area contributed by atoms with Gasteiger partial charge in [0.1, 0.15) is 0 Å². The van der Waals surface area contributed by atoms with Crippen LogP contribution in [0.2, 0.25) is 0 Å². The molecule has 0 fully saturated rings. The fraction of sp³-hybridized carbons (Fsp3) is 0.133.